The number of carbonyl (C=O) groups excluding carboxylic acids is 1. The molecule has 24 heavy (non-hydrogen) atoms. The Morgan fingerprint density at radius 2 is 2.29 bits per heavy atom. The van der Waals surface area contributed by atoms with Gasteiger partial charge in [-0.1, -0.05) is 12.1 Å². The minimum absolute atomic E-state index is 0.118. The molecule has 1 atom stereocenters. The van der Waals surface area contributed by atoms with Gasteiger partial charge in [0.2, 0.25) is 11.8 Å². The number of aryl methyl sites for hydroxylation is 1. The monoisotopic (exact) mass is 331 g/mol. The SMILES string of the molecule is CCc1nc([C@H]2CCCN(C(=O)Cc3ccn(C(C)C)n3)C2)no1. The zero-order valence-electron chi connectivity index (χ0n) is 14.6. The zero-order valence-corrected chi connectivity index (χ0v) is 14.6. The van der Waals surface area contributed by atoms with Crippen LogP contribution in [0, 0.1) is 0 Å². The molecule has 0 bridgehead atoms. The highest BCUT2D eigenvalue weighted by Gasteiger charge is 2.28. The van der Waals surface area contributed by atoms with Crippen molar-refractivity contribution in [2.24, 2.45) is 0 Å². The first-order chi connectivity index (χ1) is 11.6. The van der Waals surface area contributed by atoms with Crippen LogP contribution in [0.25, 0.3) is 0 Å². The first kappa shape index (κ1) is 16.7. The van der Waals surface area contributed by atoms with E-state index >= 15 is 0 Å². The third-order valence-corrected chi connectivity index (χ3v) is 4.45. The van der Waals surface area contributed by atoms with E-state index in [2.05, 4.69) is 29.1 Å². The molecule has 1 aliphatic rings. The second kappa shape index (κ2) is 7.15. The molecule has 7 heteroatoms. The van der Waals surface area contributed by atoms with Crippen molar-refractivity contribution in [3.63, 3.8) is 0 Å². The van der Waals surface area contributed by atoms with Gasteiger partial charge < -0.3 is 9.42 Å². The van der Waals surface area contributed by atoms with E-state index < -0.39 is 0 Å². The summed E-state index contributed by atoms with van der Waals surface area (Å²) in [5.74, 6) is 1.67. The first-order valence-electron chi connectivity index (χ1n) is 8.71. The molecule has 7 nitrogen and oxygen atoms in total. The summed E-state index contributed by atoms with van der Waals surface area (Å²) in [6.07, 6.45) is 4.97. The molecule has 1 saturated heterocycles. The van der Waals surface area contributed by atoms with Gasteiger partial charge in [-0.05, 0) is 32.8 Å². The van der Waals surface area contributed by atoms with Crippen LogP contribution in [0.5, 0.6) is 0 Å². The van der Waals surface area contributed by atoms with Gasteiger partial charge in [0.15, 0.2) is 5.82 Å². The van der Waals surface area contributed by atoms with Crippen molar-refractivity contribution in [3.05, 3.63) is 29.7 Å². The van der Waals surface area contributed by atoms with E-state index in [4.69, 9.17) is 4.52 Å². The van der Waals surface area contributed by atoms with Crippen molar-refractivity contribution in [2.45, 2.75) is 58.4 Å². The number of hydrogen-bond donors (Lipinski definition) is 0. The molecule has 1 aliphatic heterocycles. The second-order valence-corrected chi connectivity index (χ2v) is 6.64. The normalized spacial score (nSPS) is 18.3. The van der Waals surface area contributed by atoms with E-state index in [1.54, 1.807) is 0 Å². The molecule has 0 saturated carbocycles. The number of amides is 1. The average Bonchev–Trinajstić information content (AvgIpc) is 3.24. The van der Waals surface area contributed by atoms with Gasteiger partial charge in [-0.2, -0.15) is 10.1 Å². The molecule has 0 N–H and O–H groups in total. The number of nitrogens with zero attached hydrogens (tertiary/aromatic N) is 5. The van der Waals surface area contributed by atoms with Crippen molar-refractivity contribution in [1.29, 1.82) is 0 Å². The molecular weight excluding hydrogens is 306 g/mol. The smallest absolute Gasteiger partial charge is 0.228 e. The third kappa shape index (κ3) is 3.66. The molecule has 0 spiro atoms. The van der Waals surface area contributed by atoms with Crippen molar-refractivity contribution in [2.75, 3.05) is 13.1 Å². The topological polar surface area (TPSA) is 77.1 Å². The van der Waals surface area contributed by atoms with E-state index in [-0.39, 0.29) is 11.8 Å². The average molecular weight is 331 g/mol. The molecule has 1 fully saturated rings. The van der Waals surface area contributed by atoms with Crippen LogP contribution in [0.2, 0.25) is 0 Å². The molecule has 2 aromatic rings. The Bertz CT molecular complexity index is 691. The van der Waals surface area contributed by atoms with Gasteiger partial charge in [-0.25, -0.2) is 0 Å². The number of piperidine rings is 1. The summed E-state index contributed by atoms with van der Waals surface area (Å²) in [5.41, 5.74) is 0.823. The van der Waals surface area contributed by atoms with Crippen LogP contribution in [-0.4, -0.2) is 43.8 Å². The fraction of sp³-hybridized carbons (Fsp3) is 0.647. The van der Waals surface area contributed by atoms with Gasteiger partial charge in [-0.3, -0.25) is 9.48 Å². The lowest BCUT2D eigenvalue weighted by molar-refractivity contribution is -0.131. The van der Waals surface area contributed by atoms with Crippen LogP contribution in [0.1, 0.15) is 63.0 Å². The summed E-state index contributed by atoms with van der Waals surface area (Å²) < 4.78 is 7.09. The molecule has 0 aliphatic carbocycles. The van der Waals surface area contributed by atoms with Crippen LogP contribution in [0.15, 0.2) is 16.8 Å². The summed E-state index contributed by atoms with van der Waals surface area (Å²) in [5, 5.41) is 8.54. The minimum atomic E-state index is 0.118. The Kier molecular flexibility index (Phi) is 4.97. The lowest BCUT2D eigenvalue weighted by Crippen LogP contribution is -2.40. The number of carbonyl (C=O) groups is 1. The molecule has 2 aromatic heterocycles. The quantitative estimate of drug-likeness (QED) is 0.840. The summed E-state index contributed by atoms with van der Waals surface area (Å²) in [7, 11) is 0. The van der Waals surface area contributed by atoms with Crippen molar-refractivity contribution >= 4 is 5.91 Å². The molecule has 1 amide bonds. The number of aromatic nitrogens is 4. The highest BCUT2D eigenvalue weighted by atomic mass is 16.5. The van der Waals surface area contributed by atoms with Crippen molar-refractivity contribution in [3.8, 4) is 0 Å². The van der Waals surface area contributed by atoms with Crippen LogP contribution in [0.3, 0.4) is 0 Å². The number of hydrogen-bond acceptors (Lipinski definition) is 5. The zero-order chi connectivity index (χ0) is 17.1. The number of rotatable bonds is 5. The highest BCUT2D eigenvalue weighted by Crippen LogP contribution is 2.25. The Labute approximate surface area is 142 Å². The summed E-state index contributed by atoms with van der Waals surface area (Å²) in [6, 6.07) is 2.23. The van der Waals surface area contributed by atoms with Crippen LogP contribution >= 0.6 is 0 Å². The van der Waals surface area contributed by atoms with Gasteiger partial charge in [0.05, 0.1) is 12.1 Å². The maximum absolute atomic E-state index is 12.6. The van der Waals surface area contributed by atoms with Gasteiger partial charge in [0, 0.05) is 37.7 Å². The number of likely N-dealkylation sites (tertiary alicyclic amines) is 1. The predicted octanol–water partition coefficient (Wildman–Crippen LogP) is 2.36. The Morgan fingerprint density at radius 1 is 1.46 bits per heavy atom. The lowest BCUT2D eigenvalue weighted by atomic mass is 9.97. The Morgan fingerprint density at radius 3 is 2.96 bits per heavy atom. The maximum Gasteiger partial charge on any atom is 0.228 e. The molecule has 130 valence electrons. The van der Waals surface area contributed by atoms with Gasteiger partial charge in [-0.15, -0.1) is 0 Å². The molecule has 3 heterocycles. The van der Waals surface area contributed by atoms with Gasteiger partial charge in [0.25, 0.3) is 0 Å². The highest BCUT2D eigenvalue weighted by molar-refractivity contribution is 5.78. The van der Waals surface area contributed by atoms with Crippen LogP contribution < -0.4 is 0 Å². The largest absolute Gasteiger partial charge is 0.342 e. The van der Waals surface area contributed by atoms with Crippen molar-refractivity contribution in [1.82, 2.24) is 24.8 Å². The maximum atomic E-state index is 12.6. The van der Waals surface area contributed by atoms with Crippen LogP contribution in [0.4, 0.5) is 0 Å². The molecule has 0 radical (unpaired) electrons. The minimum Gasteiger partial charge on any atom is -0.342 e. The first-order valence-corrected chi connectivity index (χ1v) is 8.71. The third-order valence-electron chi connectivity index (χ3n) is 4.45. The van der Waals surface area contributed by atoms with Crippen molar-refractivity contribution < 1.29 is 9.32 Å². The van der Waals surface area contributed by atoms with E-state index in [1.807, 2.05) is 28.8 Å². The molecular formula is C17H25N5O2. The summed E-state index contributed by atoms with van der Waals surface area (Å²) >= 11 is 0. The van der Waals surface area contributed by atoms with Gasteiger partial charge >= 0.3 is 0 Å². The van der Waals surface area contributed by atoms with Gasteiger partial charge in [0.1, 0.15) is 0 Å². The van der Waals surface area contributed by atoms with E-state index in [9.17, 15) is 4.79 Å². The fourth-order valence-corrected chi connectivity index (χ4v) is 3.02. The standard InChI is InChI=1S/C17H25N5O2/c1-4-15-18-17(20-24-15)13-6-5-8-21(11-13)16(23)10-14-7-9-22(19-14)12(2)3/h7,9,12-13H,4-6,8,10-11H2,1-3H3/t13-/m0/s1. The predicted molar refractivity (Wildman–Crippen MR) is 88.5 cm³/mol. The Hall–Kier alpha value is -2.18. The van der Waals surface area contributed by atoms with E-state index in [0.717, 1.165) is 37.3 Å². The molecule has 0 aromatic carbocycles. The van der Waals surface area contributed by atoms with Crippen LogP contribution in [-0.2, 0) is 17.6 Å². The lowest BCUT2D eigenvalue weighted by Gasteiger charge is -2.31. The molecule has 3 rings (SSSR count). The summed E-state index contributed by atoms with van der Waals surface area (Å²) in [6.45, 7) is 7.59. The second-order valence-electron chi connectivity index (χ2n) is 6.64. The fourth-order valence-electron chi connectivity index (χ4n) is 3.02. The van der Waals surface area contributed by atoms with E-state index in [0.29, 0.717) is 24.9 Å². The molecule has 0 unspecified atom stereocenters. The van der Waals surface area contributed by atoms with E-state index in [1.165, 1.54) is 0 Å². The Balaban J connectivity index is 1.62. The summed E-state index contributed by atoms with van der Waals surface area (Å²) in [4.78, 5) is 18.9.